The Bertz CT molecular complexity index is 439. The van der Waals surface area contributed by atoms with Gasteiger partial charge in [0.1, 0.15) is 0 Å². The molecule has 0 aliphatic carbocycles. The van der Waals surface area contributed by atoms with E-state index in [1.807, 2.05) is 17.0 Å². The first-order chi connectivity index (χ1) is 8.61. The summed E-state index contributed by atoms with van der Waals surface area (Å²) in [4.78, 5) is 14.3. The number of benzene rings is 1. The number of piperidine rings is 1. The van der Waals surface area contributed by atoms with Gasteiger partial charge in [0, 0.05) is 23.2 Å². The van der Waals surface area contributed by atoms with Crippen LogP contribution in [-0.4, -0.2) is 23.9 Å². The Hall–Kier alpha value is -1.03. The predicted octanol–water partition coefficient (Wildman–Crippen LogP) is 3.29. The first-order valence-electron chi connectivity index (χ1n) is 6.46. The summed E-state index contributed by atoms with van der Waals surface area (Å²) in [5.74, 6) is 0.831. The van der Waals surface area contributed by atoms with Crippen LogP contribution in [0.25, 0.3) is 0 Å². The molecule has 0 unspecified atom stereocenters. The van der Waals surface area contributed by atoms with Crippen molar-refractivity contribution in [1.82, 2.24) is 4.90 Å². The first kappa shape index (κ1) is 13.4. The Morgan fingerprint density at radius 1 is 1.44 bits per heavy atom. The first-order valence-corrected chi connectivity index (χ1v) is 7.25. The van der Waals surface area contributed by atoms with E-state index in [-0.39, 0.29) is 5.91 Å². The molecule has 1 amide bonds. The third-order valence-electron chi connectivity index (χ3n) is 3.72. The van der Waals surface area contributed by atoms with Crippen molar-refractivity contribution in [1.29, 1.82) is 0 Å². The second kappa shape index (κ2) is 5.74. The number of rotatable bonds is 2. The molecule has 0 bridgehead atoms. The average molecular weight is 311 g/mol. The molecule has 0 saturated carbocycles. The molecular weight excluding hydrogens is 292 g/mol. The molecule has 2 rings (SSSR count). The Labute approximate surface area is 116 Å². The van der Waals surface area contributed by atoms with Gasteiger partial charge in [0.05, 0.1) is 5.56 Å². The molecule has 98 valence electrons. The smallest absolute Gasteiger partial charge is 0.255 e. The zero-order chi connectivity index (χ0) is 13.1. The van der Waals surface area contributed by atoms with Gasteiger partial charge in [-0.2, -0.15) is 0 Å². The second-order valence-electron chi connectivity index (χ2n) is 4.88. The molecule has 4 heteroatoms. The van der Waals surface area contributed by atoms with E-state index in [1.165, 1.54) is 6.42 Å². The Morgan fingerprint density at radius 2 is 2.11 bits per heavy atom. The van der Waals surface area contributed by atoms with Crippen molar-refractivity contribution in [3.05, 3.63) is 28.2 Å². The van der Waals surface area contributed by atoms with E-state index in [0.717, 1.165) is 36.3 Å². The molecule has 0 radical (unpaired) electrons. The van der Waals surface area contributed by atoms with E-state index in [0.29, 0.717) is 11.3 Å². The summed E-state index contributed by atoms with van der Waals surface area (Å²) >= 11 is 3.38. The molecule has 1 aromatic carbocycles. The number of halogens is 1. The summed E-state index contributed by atoms with van der Waals surface area (Å²) in [7, 11) is 0. The minimum absolute atomic E-state index is 0.0587. The highest BCUT2D eigenvalue weighted by atomic mass is 79.9. The van der Waals surface area contributed by atoms with E-state index in [1.54, 1.807) is 6.07 Å². The van der Waals surface area contributed by atoms with Crippen molar-refractivity contribution >= 4 is 27.5 Å². The highest BCUT2D eigenvalue weighted by Gasteiger charge is 2.23. The zero-order valence-corrected chi connectivity index (χ0v) is 12.2. The van der Waals surface area contributed by atoms with Gasteiger partial charge in [0.2, 0.25) is 0 Å². The minimum atomic E-state index is 0.0587. The fourth-order valence-corrected chi connectivity index (χ4v) is 2.79. The molecule has 0 aromatic heterocycles. The number of nitrogens with zero attached hydrogens (tertiary/aromatic N) is 1. The summed E-state index contributed by atoms with van der Waals surface area (Å²) < 4.78 is 0.892. The van der Waals surface area contributed by atoms with E-state index in [4.69, 9.17) is 5.73 Å². The third-order valence-corrected chi connectivity index (χ3v) is 4.22. The van der Waals surface area contributed by atoms with E-state index >= 15 is 0 Å². The van der Waals surface area contributed by atoms with Crippen LogP contribution in [0.4, 0.5) is 5.69 Å². The number of likely N-dealkylation sites (tertiary alicyclic amines) is 1. The highest BCUT2D eigenvalue weighted by Crippen LogP contribution is 2.24. The number of carbonyl (C=O) groups is 1. The molecule has 0 spiro atoms. The van der Waals surface area contributed by atoms with Crippen molar-refractivity contribution in [2.24, 2.45) is 5.92 Å². The molecule has 1 fully saturated rings. The molecule has 1 saturated heterocycles. The SMILES string of the molecule is CCC1CCN(C(=O)c2cc(Br)ccc2N)CC1. The van der Waals surface area contributed by atoms with Gasteiger partial charge in [-0.25, -0.2) is 0 Å². The van der Waals surface area contributed by atoms with Crippen LogP contribution < -0.4 is 5.73 Å². The fourth-order valence-electron chi connectivity index (χ4n) is 2.43. The van der Waals surface area contributed by atoms with Gasteiger partial charge < -0.3 is 10.6 Å². The molecule has 2 N–H and O–H groups in total. The molecule has 18 heavy (non-hydrogen) atoms. The van der Waals surface area contributed by atoms with Crippen LogP contribution in [-0.2, 0) is 0 Å². The molecule has 1 heterocycles. The fraction of sp³-hybridized carbons (Fsp3) is 0.500. The topological polar surface area (TPSA) is 46.3 Å². The number of nitrogen functional groups attached to an aromatic ring is 1. The third kappa shape index (κ3) is 2.86. The van der Waals surface area contributed by atoms with Crippen molar-refractivity contribution in [3.63, 3.8) is 0 Å². The molecule has 1 aliphatic heterocycles. The van der Waals surface area contributed by atoms with E-state index < -0.39 is 0 Å². The van der Waals surface area contributed by atoms with Gasteiger partial charge in [0.15, 0.2) is 0 Å². The molecular formula is C14H19BrN2O. The van der Waals surface area contributed by atoms with Crippen molar-refractivity contribution in [3.8, 4) is 0 Å². The second-order valence-corrected chi connectivity index (χ2v) is 5.79. The molecule has 3 nitrogen and oxygen atoms in total. The zero-order valence-electron chi connectivity index (χ0n) is 10.7. The molecule has 0 atom stereocenters. The number of carbonyl (C=O) groups excluding carboxylic acids is 1. The lowest BCUT2D eigenvalue weighted by atomic mass is 9.94. The largest absolute Gasteiger partial charge is 0.398 e. The Morgan fingerprint density at radius 3 is 2.72 bits per heavy atom. The van der Waals surface area contributed by atoms with E-state index in [2.05, 4.69) is 22.9 Å². The number of hydrogen-bond acceptors (Lipinski definition) is 2. The number of nitrogens with two attached hydrogens (primary N) is 1. The van der Waals surface area contributed by atoms with Gasteiger partial charge in [-0.1, -0.05) is 29.3 Å². The maximum Gasteiger partial charge on any atom is 0.255 e. The van der Waals surface area contributed by atoms with Crippen molar-refractivity contribution < 1.29 is 4.79 Å². The van der Waals surface area contributed by atoms with Gasteiger partial charge in [-0.3, -0.25) is 4.79 Å². The maximum atomic E-state index is 12.4. The summed E-state index contributed by atoms with van der Waals surface area (Å²) in [6.07, 6.45) is 3.42. The van der Waals surface area contributed by atoms with Crippen LogP contribution in [0.1, 0.15) is 36.5 Å². The number of anilines is 1. The lowest BCUT2D eigenvalue weighted by Gasteiger charge is -2.31. The van der Waals surface area contributed by atoms with Gasteiger partial charge >= 0.3 is 0 Å². The highest BCUT2D eigenvalue weighted by molar-refractivity contribution is 9.10. The number of amides is 1. The van der Waals surface area contributed by atoms with Crippen molar-refractivity contribution in [2.75, 3.05) is 18.8 Å². The minimum Gasteiger partial charge on any atom is -0.398 e. The summed E-state index contributed by atoms with van der Waals surface area (Å²) in [5, 5.41) is 0. The van der Waals surface area contributed by atoms with Gasteiger partial charge in [-0.05, 0) is 37.0 Å². The predicted molar refractivity (Wildman–Crippen MR) is 77.5 cm³/mol. The quantitative estimate of drug-likeness (QED) is 0.852. The van der Waals surface area contributed by atoms with Crippen LogP contribution in [0.15, 0.2) is 22.7 Å². The van der Waals surface area contributed by atoms with Crippen LogP contribution in [0.3, 0.4) is 0 Å². The average Bonchev–Trinajstić information content (AvgIpc) is 2.41. The van der Waals surface area contributed by atoms with Crippen LogP contribution in [0.5, 0.6) is 0 Å². The van der Waals surface area contributed by atoms with E-state index in [9.17, 15) is 4.79 Å². The summed E-state index contributed by atoms with van der Waals surface area (Å²) in [5.41, 5.74) is 7.05. The maximum absolute atomic E-state index is 12.4. The number of hydrogen-bond donors (Lipinski definition) is 1. The van der Waals surface area contributed by atoms with Crippen LogP contribution in [0.2, 0.25) is 0 Å². The summed E-state index contributed by atoms with van der Waals surface area (Å²) in [6, 6.07) is 5.44. The lowest BCUT2D eigenvalue weighted by Crippen LogP contribution is -2.38. The van der Waals surface area contributed by atoms with Crippen LogP contribution >= 0.6 is 15.9 Å². The van der Waals surface area contributed by atoms with Gasteiger partial charge in [0.25, 0.3) is 5.91 Å². The Kier molecular flexibility index (Phi) is 4.27. The summed E-state index contributed by atoms with van der Waals surface area (Å²) in [6.45, 7) is 3.92. The van der Waals surface area contributed by atoms with Crippen LogP contribution in [0, 0.1) is 5.92 Å². The Balaban J connectivity index is 2.10. The lowest BCUT2D eigenvalue weighted by molar-refractivity contribution is 0.0690. The standard InChI is InChI=1S/C14H19BrN2O/c1-2-10-5-7-17(8-6-10)14(18)12-9-11(15)3-4-13(12)16/h3-4,9-10H,2,5-8,16H2,1H3. The molecule has 1 aromatic rings. The molecule has 1 aliphatic rings. The normalized spacial score (nSPS) is 16.9. The van der Waals surface area contributed by atoms with Gasteiger partial charge in [-0.15, -0.1) is 0 Å². The monoisotopic (exact) mass is 310 g/mol. The van der Waals surface area contributed by atoms with Crippen molar-refractivity contribution in [2.45, 2.75) is 26.2 Å².